The van der Waals surface area contributed by atoms with Gasteiger partial charge >= 0.3 is 5.97 Å². The molecular weight excluding hydrogens is 388 g/mol. The number of fused-ring (bicyclic) bond motifs is 1. The van der Waals surface area contributed by atoms with Gasteiger partial charge in [-0.2, -0.15) is 0 Å². The summed E-state index contributed by atoms with van der Waals surface area (Å²) in [5.41, 5.74) is 0.0829. The van der Waals surface area contributed by atoms with E-state index < -0.39 is 5.97 Å². The zero-order chi connectivity index (χ0) is 18.1. The molecule has 0 aromatic heterocycles. The molecule has 0 bridgehead atoms. The normalized spacial score (nSPS) is 10.8. The van der Waals surface area contributed by atoms with E-state index in [1.807, 2.05) is 12.1 Å². The fourth-order valence-corrected chi connectivity index (χ4v) is 3.15. The van der Waals surface area contributed by atoms with E-state index in [-0.39, 0.29) is 40.5 Å². The average Bonchev–Trinajstić information content (AvgIpc) is 2.57. The summed E-state index contributed by atoms with van der Waals surface area (Å²) in [4.78, 5) is 12.3. The van der Waals surface area contributed by atoms with Gasteiger partial charge in [-0.25, -0.2) is 4.79 Å². The van der Waals surface area contributed by atoms with Gasteiger partial charge in [0, 0.05) is 15.6 Å². The first-order valence-corrected chi connectivity index (χ1v) is 8.37. The van der Waals surface area contributed by atoms with Crippen LogP contribution in [0.25, 0.3) is 21.9 Å². The first-order valence-electron chi connectivity index (χ1n) is 7.57. The van der Waals surface area contributed by atoms with E-state index in [1.54, 1.807) is 19.1 Å². The third kappa shape index (κ3) is 3.00. The zero-order valence-electron chi connectivity index (χ0n) is 13.3. The molecule has 0 aliphatic rings. The number of carbonyl (C=O) groups is 1. The molecule has 0 radical (unpaired) electrons. The van der Waals surface area contributed by atoms with Crippen LogP contribution >= 0.6 is 15.9 Å². The first-order chi connectivity index (χ1) is 11.9. The molecule has 3 aromatic carbocycles. The fourth-order valence-electron chi connectivity index (χ4n) is 2.79. The van der Waals surface area contributed by atoms with Crippen LogP contribution in [0, 0.1) is 0 Å². The highest BCUT2D eigenvalue weighted by molar-refractivity contribution is 9.10. The van der Waals surface area contributed by atoms with Gasteiger partial charge in [-0.1, -0.05) is 28.1 Å². The molecule has 0 spiro atoms. The maximum absolute atomic E-state index is 12.3. The van der Waals surface area contributed by atoms with Crippen molar-refractivity contribution >= 4 is 32.7 Å². The number of hydrogen-bond acceptors (Lipinski definition) is 5. The lowest BCUT2D eigenvalue weighted by atomic mass is 9.92. The predicted octanol–water partition coefficient (Wildman–Crippen LogP) is 4.56. The van der Waals surface area contributed by atoms with Crippen LogP contribution in [0.3, 0.4) is 0 Å². The molecule has 0 saturated carbocycles. The third-order valence-electron chi connectivity index (χ3n) is 3.85. The van der Waals surface area contributed by atoms with Crippen molar-refractivity contribution in [3.63, 3.8) is 0 Å². The third-order valence-corrected chi connectivity index (χ3v) is 4.35. The average molecular weight is 403 g/mol. The van der Waals surface area contributed by atoms with E-state index in [0.717, 1.165) is 9.86 Å². The number of esters is 1. The zero-order valence-corrected chi connectivity index (χ0v) is 14.9. The van der Waals surface area contributed by atoms with Gasteiger partial charge in [-0.15, -0.1) is 0 Å². The van der Waals surface area contributed by atoms with Gasteiger partial charge in [0.25, 0.3) is 0 Å². The van der Waals surface area contributed by atoms with Crippen LogP contribution in [0.15, 0.2) is 46.9 Å². The number of benzene rings is 3. The highest BCUT2D eigenvalue weighted by Gasteiger charge is 2.25. The van der Waals surface area contributed by atoms with Crippen molar-refractivity contribution in [1.82, 2.24) is 0 Å². The van der Waals surface area contributed by atoms with Crippen molar-refractivity contribution in [2.75, 3.05) is 6.61 Å². The molecule has 6 heteroatoms. The van der Waals surface area contributed by atoms with Crippen molar-refractivity contribution in [3.8, 4) is 28.4 Å². The van der Waals surface area contributed by atoms with E-state index in [9.17, 15) is 20.1 Å². The lowest BCUT2D eigenvalue weighted by Crippen LogP contribution is -2.07. The van der Waals surface area contributed by atoms with Crippen molar-refractivity contribution in [1.29, 1.82) is 0 Å². The number of halogens is 1. The van der Waals surface area contributed by atoms with Crippen LogP contribution in [-0.2, 0) is 4.74 Å². The second-order valence-electron chi connectivity index (χ2n) is 5.40. The van der Waals surface area contributed by atoms with Crippen molar-refractivity contribution in [2.24, 2.45) is 0 Å². The Morgan fingerprint density at radius 3 is 2.28 bits per heavy atom. The number of carbonyl (C=O) groups excluding carboxylic acids is 1. The van der Waals surface area contributed by atoms with Crippen LogP contribution in [-0.4, -0.2) is 27.9 Å². The van der Waals surface area contributed by atoms with E-state index in [2.05, 4.69) is 15.9 Å². The minimum Gasteiger partial charge on any atom is -0.507 e. The summed E-state index contributed by atoms with van der Waals surface area (Å²) < 4.78 is 5.77. The predicted molar refractivity (Wildman–Crippen MR) is 98.0 cm³/mol. The van der Waals surface area contributed by atoms with Crippen LogP contribution in [0.2, 0.25) is 0 Å². The Bertz CT molecular complexity index is 976. The number of phenols is 3. The number of ether oxygens (including phenoxy) is 1. The molecule has 3 N–H and O–H groups in total. The van der Waals surface area contributed by atoms with Crippen LogP contribution < -0.4 is 0 Å². The summed E-state index contributed by atoms with van der Waals surface area (Å²) in [5, 5.41) is 32.4. The molecule has 0 atom stereocenters. The van der Waals surface area contributed by atoms with Gasteiger partial charge in [0.1, 0.15) is 22.8 Å². The van der Waals surface area contributed by atoms with Crippen molar-refractivity contribution < 1.29 is 24.9 Å². The second-order valence-corrected chi connectivity index (χ2v) is 6.32. The summed E-state index contributed by atoms with van der Waals surface area (Å²) in [6, 6.07) is 11.1. The van der Waals surface area contributed by atoms with Gasteiger partial charge in [0.2, 0.25) is 0 Å². The number of rotatable bonds is 3. The minimum atomic E-state index is -0.780. The topological polar surface area (TPSA) is 87.0 Å². The quantitative estimate of drug-likeness (QED) is 0.441. The number of hydrogen-bond donors (Lipinski definition) is 3. The molecule has 0 heterocycles. The SMILES string of the molecule is CCOC(=O)c1c(O)ccc(O)c1-c1c(O)ccc2ccc(Br)cc12. The van der Waals surface area contributed by atoms with Gasteiger partial charge in [0.05, 0.1) is 6.61 Å². The van der Waals surface area contributed by atoms with E-state index >= 15 is 0 Å². The van der Waals surface area contributed by atoms with Crippen LogP contribution in [0.4, 0.5) is 0 Å². The first kappa shape index (κ1) is 17.1. The lowest BCUT2D eigenvalue weighted by Gasteiger charge is -2.16. The Morgan fingerprint density at radius 1 is 0.960 bits per heavy atom. The smallest absolute Gasteiger partial charge is 0.342 e. The van der Waals surface area contributed by atoms with E-state index in [0.29, 0.717) is 5.39 Å². The van der Waals surface area contributed by atoms with Gasteiger partial charge < -0.3 is 20.1 Å². The Labute approximate surface area is 152 Å². The van der Waals surface area contributed by atoms with Crippen LogP contribution in [0.5, 0.6) is 17.2 Å². The minimum absolute atomic E-state index is 0.0275. The molecule has 128 valence electrons. The van der Waals surface area contributed by atoms with Gasteiger partial charge in [-0.05, 0) is 48.0 Å². The molecule has 0 aliphatic heterocycles. The van der Waals surface area contributed by atoms with Gasteiger partial charge in [-0.3, -0.25) is 0 Å². The highest BCUT2D eigenvalue weighted by Crippen LogP contribution is 2.45. The van der Waals surface area contributed by atoms with Crippen LogP contribution in [0.1, 0.15) is 17.3 Å². The molecule has 0 amide bonds. The molecular formula is C19H15BrO5. The fraction of sp³-hybridized carbons (Fsp3) is 0.105. The highest BCUT2D eigenvalue weighted by atomic mass is 79.9. The standard InChI is InChI=1S/C19H15BrO5/c1-2-25-19(24)18-15(23)8-7-14(22)17(18)16-12-9-11(20)5-3-10(12)4-6-13(16)21/h3-9,21-23H,2H2,1H3. The molecule has 0 unspecified atom stereocenters. The summed E-state index contributed by atoms with van der Waals surface area (Å²) in [5.74, 6) is -1.49. The maximum Gasteiger partial charge on any atom is 0.342 e. The molecule has 0 saturated heterocycles. The molecule has 3 rings (SSSR count). The molecule has 0 aliphatic carbocycles. The second kappa shape index (κ2) is 6.64. The Hall–Kier alpha value is -2.73. The van der Waals surface area contributed by atoms with E-state index in [1.165, 1.54) is 18.2 Å². The summed E-state index contributed by atoms with van der Waals surface area (Å²) in [6.45, 7) is 1.75. The molecule has 25 heavy (non-hydrogen) atoms. The Balaban J connectivity index is 2.43. The molecule has 3 aromatic rings. The number of phenolic OH excluding ortho intramolecular Hbond substituents is 3. The van der Waals surface area contributed by atoms with Gasteiger partial charge in [0.15, 0.2) is 0 Å². The molecule has 0 fully saturated rings. The van der Waals surface area contributed by atoms with E-state index in [4.69, 9.17) is 4.74 Å². The lowest BCUT2D eigenvalue weighted by molar-refractivity contribution is 0.0523. The Kier molecular flexibility index (Phi) is 4.55. The maximum atomic E-state index is 12.3. The molecule has 5 nitrogen and oxygen atoms in total. The number of aromatic hydroxyl groups is 3. The van der Waals surface area contributed by atoms with Crippen molar-refractivity contribution in [2.45, 2.75) is 6.92 Å². The monoisotopic (exact) mass is 402 g/mol. The Morgan fingerprint density at radius 2 is 1.56 bits per heavy atom. The summed E-state index contributed by atoms with van der Waals surface area (Å²) in [7, 11) is 0. The summed E-state index contributed by atoms with van der Waals surface area (Å²) in [6.07, 6.45) is 0. The summed E-state index contributed by atoms with van der Waals surface area (Å²) >= 11 is 3.38. The largest absolute Gasteiger partial charge is 0.507 e. The van der Waals surface area contributed by atoms with Crippen molar-refractivity contribution in [3.05, 3.63) is 52.5 Å².